The molecule has 0 spiro atoms. The molecule has 3 nitrogen and oxygen atoms in total. The predicted octanol–water partition coefficient (Wildman–Crippen LogP) is -1.05. The van der Waals surface area contributed by atoms with E-state index >= 15 is 0 Å². The molecule has 0 aliphatic carbocycles. The molecule has 0 aromatic heterocycles. The van der Waals surface area contributed by atoms with Crippen LogP contribution in [0.2, 0.25) is 0 Å². The van der Waals surface area contributed by atoms with Crippen molar-refractivity contribution in [2.75, 3.05) is 13.1 Å². The molecule has 1 aliphatic heterocycles. The van der Waals surface area contributed by atoms with E-state index in [4.69, 9.17) is 5.73 Å². The average molecular weight is 99.1 g/mol. The Kier molecular flexibility index (Phi) is 1.38. The molecule has 3 heteroatoms. The number of nitrogens with one attached hydrogen (secondary N) is 1. The number of hydrogen-bond donors (Lipinski definition) is 2. The van der Waals surface area contributed by atoms with Gasteiger partial charge in [0.2, 0.25) is 0 Å². The van der Waals surface area contributed by atoms with Crippen LogP contribution in [-0.4, -0.2) is 25.5 Å². The number of aliphatic imine (C=N–C) groups is 1. The summed E-state index contributed by atoms with van der Waals surface area (Å²) < 4.78 is 0. The average Bonchev–Trinajstić information content (AvgIpc) is 1.69. The van der Waals surface area contributed by atoms with Crippen LogP contribution in [0.3, 0.4) is 0 Å². The van der Waals surface area contributed by atoms with Gasteiger partial charge in [-0.25, -0.2) is 0 Å². The Balaban J connectivity index is 2.36. The van der Waals surface area contributed by atoms with Crippen molar-refractivity contribution in [3.8, 4) is 0 Å². The molecule has 0 aromatic carbocycles. The second-order valence-electron chi connectivity index (χ2n) is 1.54. The van der Waals surface area contributed by atoms with Gasteiger partial charge in [-0.3, -0.25) is 10.3 Å². The number of nitrogens with zero attached hydrogens (tertiary/aromatic N) is 1. The SMILES string of the molecule is NC1C=NCCN1. The molecule has 0 saturated heterocycles. The lowest BCUT2D eigenvalue weighted by atomic mass is 10.4. The molecule has 0 amide bonds. The van der Waals surface area contributed by atoms with Gasteiger partial charge in [0.15, 0.2) is 0 Å². The topological polar surface area (TPSA) is 50.4 Å². The monoisotopic (exact) mass is 99.1 g/mol. The normalized spacial score (nSPS) is 30.7. The fraction of sp³-hybridized carbons (Fsp3) is 0.750. The molecule has 1 atom stereocenters. The Bertz CT molecular complexity index is 79.0. The van der Waals surface area contributed by atoms with E-state index in [9.17, 15) is 0 Å². The quantitative estimate of drug-likeness (QED) is 0.407. The molecule has 0 bridgehead atoms. The lowest BCUT2D eigenvalue weighted by Gasteiger charge is -2.10. The van der Waals surface area contributed by atoms with Crippen molar-refractivity contribution >= 4 is 6.21 Å². The summed E-state index contributed by atoms with van der Waals surface area (Å²) in [5.74, 6) is 0. The Labute approximate surface area is 42.6 Å². The molecule has 0 fully saturated rings. The molecule has 0 aromatic rings. The standard InChI is InChI=1S/C4H9N3/c5-4-3-6-1-2-7-4/h3-4,7H,1-2,5H2. The fourth-order valence-corrected chi connectivity index (χ4v) is 0.537. The summed E-state index contributed by atoms with van der Waals surface area (Å²) >= 11 is 0. The van der Waals surface area contributed by atoms with Gasteiger partial charge in [-0.05, 0) is 0 Å². The first-order chi connectivity index (χ1) is 3.39. The fourth-order valence-electron chi connectivity index (χ4n) is 0.537. The maximum absolute atomic E-state index is 5.37. The molecule has 7 heavy (non-hydrogen) atoms. The summed E-state index contributed by atoms with van der Waals surface area (Å²) in [5.41, 5.74) is 5.37. The van der Waals surface area contributed by atoms with Crippen LogP contribution in [-0.2, 0) is 0 Å². The molecular weight excluding hydrogens is 90.1 g/mol. The van der Waals surface area contributed by atoms with E-state index in [-0.39, 0.29) is 6.17 Å². The molecule has 3 N–H and O–H groups in total. The van der Waals surface area contributed by atoms with E-state index in [1.54, 1.807) is 6.21 Å². The van der Waals surface area contributed by atoms with E-state index < -0.39 is 0 Å². The zero-order valence-corrected chi connectivity index (χ0v) is 4.09. The summed E-state index contributed by atoms with van der Waals surface area (Å²) in [4.78, 5) is 3.95. The van der Waals surface area contributed by atoms with Gasteiger partial charge in [0.1, 0.15) is 0 Å². The van der Waals surface area contributed by atoms with E-state index in [0.29, 0.717) is 0 Å². The van der Waals surface area contributed by atoms with Crippen LogP contribution in [0.1, 0.15) is 0 Å². The molecule has 1 rings (SSSR count). The zero-order valence-electron chi connectivity index (χ0n) is 4.09. The Morgan fingerprint density at radius 2 is 2.71 bits per heavy atom. The first kappa shape index (κ1) is 4.74. The first-order valence-corrected chi connectivity index (χ1v) is 2.38. The van der Waals surface area contributed by atoms with Crippen molar-refractivity contribution < 1.29 is 0 Å². The Morgan fingerprint density at radius 3 is 3.00 bits per heavy atom. The highest BCUT2D eigenvalue weighted by Gasteiger charge is 1.98. The summed E-state index contributed by atoms with van der Waals surface area (Å²) in [6.07, 6.45) is 1.72. The van der Waals surface area contributed by atoms with Crippen LogP contribution in [0.4, 0.5) is 0 Å². The van der Waals surface area contributed by atoms with Crippen LogP contribution in [0.25, 0.3) is 0 Å². The van der Waals surface area contributed by atoms with E-state index in [2.05, 4.69) is 10.3 Å². The summed E-state index contributed by atoms with van der Waals surface area (Å²) in [6, 6.07) is 0. The molecule has 40 valence electrons. The molecule has 0 saturated carbocycles. The van der Waals surface area contributed by atoms with Crippen LogP contribution < -0.4 is 11.1 Å². The lowest BCUT2D eigenvalue weighted by molar-refractivity contribution is 0.625. The Hall–Kier alpha value is -0.410. The number of rotatable bonds is 0. The van der Waals surface area contributed by atoms with Gasteiger partial charge in [0.25, 0.3) is 0 Å². The first-order valence-electron chi connectivity index (χ1n) is 2.38. The minimum absolute atomic E-state index is 0.00579. The van der Waals surface area contributed by atoms with Crippen LogP contribution in [0, 0.1) is 0 Å². The van der Waals surface area contributed by atoms with E-state index in [1.807, 2.05) is 0 Å². The predicted molar refractivity (Wildman–Crippen MR) is 29.3 cm³/mol. The number of nitrogens with two attached hydrogens (primary N) is 1. The highest BCUT2D eigenvalue weighted by Crippen LogP contribution is 1.76. The summed E-state index contributed by atoms with van der Waals surface area (Å²) in [6.45, 7) is 1.78. The van der Waals surface area contributed by atoms with Crippen molar-refractivity contribution in [2.45, 2.75) is 6.17 Å². The van der Waals surface area contributed by atoms with Gasteiger partial charge in [-0.2, -0.15) is 0 Å². The highest BCUT2D eigenvalue weighted by molar-refractivity contribution is 5.64. The van der Waals surface area contributed by atoms with E-state index in [1.165, 1.54) is 0 Å². The van der Waals surface area contributed by atoms with Gasteiger partial charge in [0, 0.05) is 12.8 Å². The van der Waals surface area contributed by atoms with Gasteiger partial charge in [-0.1, -0.05) is 0 Å². The molecular formula is C4H9N3. The Morgan fingerprint density at radius 1 is 1.86 bits per heavy atom. The van der Waals surface area contributed by atoms with Gasteiger partial charge in [-0.15, -0.1) is 0 Å². The zero-order chi connectivity index (χ0) is 5.11. The summed E-state index contributed by atoms with van der Waals surface area (Å²) in [7, 11) is 0. The third-order valence-corrected chi connectivity index (χ3v) is 0.887. The van der Waals surface area contributed by atoms with Crippen molar-refractivity contribution in [1.82, 2.24) is 5.32 Å². The molecule has 1 unspecified atom stereocenters. The minimum atomic E-state index is -0.00579. The number of hydrogen-bond acceptors (Lipinski definition) is 3. The van der Waals surface area contributed by atoms with Crippen LogP contribution in [0.5, 0.6) is 0 Å². The second kappa shape index (κ2) is 2.04. The maximum atomic E-state index is 5.37. The maximum Gasteiger partial charge on any atom is 0.0910 e. The van der Waals surface area contributed by atoms with Crippen molar-refractivity contribution in [1.29, 1.82) is 0 Å². The third-order valence-electron chi connectivity index (χ3n) is 0.887. The third kappa shape index (κ3) is 1.25. The second-order valence-corrected chi connectivity index (χ2v) is 1.54. The van der Waals surface area contributed by atoms with Crippen LogP contribution in [0.15, 0.2) is 4.99 Å². The van der Waals surface area contributed by atoms with Gasteiger partial charge >= 0.3 is 0 Å². The molecule has 1 aliphatic rings. The van der Waals surface area contributed by atoms with Crippen molar-refractivity contribution in [3.63, 3.8) is 0 Å². The largest absolute Gasteiger partial charge is 0.311 e. The van der Waals surface area contributed by atoms with Gasteiger partial charge in [0.05, 0.1) is 12.7 Å². The molecule has 1 heterocycles. The minimum Gasteiger partial charge on any atom is -0.311 e. The van der Waals surface area contributed by atoms with Gasteiger partial charge < -0.3 is 5.73 Å². The van der Waals surface area contributed by atoms with E-state index in [0.717, 1.165) is 13.1 Å². The lowest BCUT2D eigenvalue weighted by Crippen LogP contribution is -2.42. The van der Waals surface area contributed by atoms with Crippen LogP contribution >= 0.6 is 0 Å². The van der Waals surface area contributed by atoms with Crippen molar-refractivity contribution in [2.24, 2.45) is 10.7 Å². The smallest absolute Gasteiger partial charge is 0.0910 e. The highest BCUT2D eigenvalue weighted by atomic mass is 15.1. The molecule has 0 radical (unpaired) electrons. The summed E-state index contributed by atoms with van der Waals surface area (Å²) in [5, 5.41) is 3.01. The van der Waals surface area contributed by atoms with Crippen molar-refractivity contribution in [3.05, 3.63) is 0 Å².